The van der Waals surface area contributed by atoms with E-state index in [0.29, 0.717) is 22.3 Å². The third-order valence-corrected chi connectivity index (χ3v) is 3.31. The summed E-state index contributed by atoms with van der Waals surface area (Å²) in [7, 11) is 1.52. The van der Waals surface area contributed by atoms with E-state index in [1.165, 1.54) is 19.4 Å². The molecule has 0 radical (unpaired) electrons. The maximum Gasteiger partial charge on any atom is 0.337 e. The molecule has 0 unspecified atom stereocenters. The van der Waals surface area contributed by atoms with Gasteiger partial charge in [-0.1, -0.05) is 11.6 Å². The lowest BCUT2D eigenvalue weighted by molar-refractivity contribution is 0.0696. The number of benzene rings is 1. The molecule has 1 heterocycles. The van der Waals surface area contributed by atoms with Crippen molar-refractivity contribution in [1.82, 2.24) is 4.98 Å². The second-order valence-electron chi connectivity index (χ2n) is 4.39. The number of aromatic carboxylic acids is 1. The first-order valence-corrected chi connectivity index (χ1v) is 6.40. The van der Waals surface area contributed by atoms with Gasteiger partial charge < -0.3 is 20.9 Å². The number of hydrogen-bond donors (Lipinski definition) is 3. The fraction of sp³-hybridized carbons (Fsp3) is 0.143. The van der Waals surface area contributed by atoms with Crippen LogP contribution in [0.15, 0.2) is 24.4 Å². The van der Waals surface area contributed by atoms with Crippen molar-refractivity contribution in [2.45, 2.75) is 6.92 Å². The zero-order chi connectivity index (χ0) is 15.6. The van der Waals surface area contributed by atoms with Gasteiger partial charge >= 0.3 is 5.97 Å². The molecule has 4 N–H and O–H groups in total. The Morgan fingerprint density at radius 3 is 2.71 bits per heavy atom. The Morgan fingerprint density at radius 2 is 2.14 bits per heavy atom. The standard InChI is InChI=1S/C14H14ClN3O3/c1-7-3-11(12(21-2)5-9(7)15)18-13-10(16)4-8(6-17-13)14(19)20/h3-6H,16H2,1-2H3,(H,17,18)(H,19,20). The average molecular weight is 308 g/mol. The quantitative estimate of drug-likeness (QED) is 0.803. The molecule has 7 heteroatoms. The van der Waals surface area contributed by atoms with E-state index in [1.54, 1.807) is 12.1 Å². The van der Waals surface area contributed by atoms with Crippen LogP contribution in [0.3, 0.4) is 0 Å². The minimum Gasteiger partial charge on any atom is -0.495 e. The van der Waals surface area contributed by atoms with Crippen LogP contribution in [0.5, 0.6) is 5.75 Å². The molecular formula is C14H14ClN3O3. The van der Waals surface area contributed by atoms with Crippen LogP contribution in [-0.4, -0.2) is 23.2 Å². The molecule has 0 atom stereocenters. The van der Waals surface area contributed by atoms with E-state index in [2.05, 4.69) is 10.3 Å². The second kappa shape index (κ2) is 5.88. The van der Waals surface area contributed by atoms with Crippen LogP contribution in [0.4, 0.5) is 17.2 Å². The Kier molecular flexibility index (Phi) is 4.18. The zero-order valence-corrected chi connectivity index (χ0v) is 12.2. The minimum atomic E-state index is -1.08. The third kappa shape index (κ3) is 3.17. The lowest BCUT2D eigenvalue weighted by atomic mass is 10.2. The van der Waals surface area contributed by atoms with Crippen LogP contribution < -0.4 is 15.8 Å². The molecule has 2 aromatic rings. The van der Waals surface area contributed by atoms with E-state index < -0.39 is 5.97 Å². The highest BCUT2D eigenvalue weighted by molar-refractivity contribution is 6.31. The summed E-state index contributed by atoms with van der Waals surface area (Å²) in [5.41, 5.74) is 7.57. The molecule has 6 nitrogen and oxygen atoms in total. The predicted octanol–water partition coefficient (Wildman–Crippen LogP) is 3.08. The number of nitrogen functional groups attached to an aromatic ring is 1. The molecule has 110 valence electrons. The van der Waals surface area contributed by atoms with Crippen LogP contribution >= 0.6 is 11.6 Å². The van der Waals surface area contributed by atoms with Crippen molar-refractivity contribution in [3.05, 3.63) is 40.5 Å². The molecule has 2 rings (SSSR count). The smallest absolute Gasteiger partial charge is 0.337 e. The van der Waals surface area contributed by atoms with Gasteiger partial charge in [-0.25, -0.2) is 9.78 Å². The van der Waals surface area contributed by atoms with E-state index in [0.717, 1.165) is 5.56 Å². The number of nitrogens with zero attached hydrogens (tertiary/aromatic N) is 1. The van der Waals surface area contributed by atoms with Gasteiger partial charge in [0, 0.05) is 17.3 Å². The van der Waals surface area contributed by atoms with E-state index in [4.69, 9.17) is 27.2 Å². The summed E-state index contributed by atoms with van der Waals surface area (Å²) < 4.78 is 5.25. The number of aryl methyl sites for hydroxylation is 1. The second-order valence-corrected chi connectivity index (χ2v) is 4.80. The number of nitrogens with two attached hydrogens (primary N) is 1. The van der Waals surface area contributed by atoms with Crippen molar-refractivity contribution in [3.8, 4) is 5.75 Å². The molecule has 0 aliphatic carbocycles. The third-order valence-electron chi connectivity index (χ3n) is 2.90. The van der Waals surface area contributed by atoms with Crippen molar-refractivity contribution >= 4 is 34.8 Å². The number of carbonyl (C=O) groups is 1. The van der Waals surface area contributed by atoms with Crippen LogP contribution in [-0.2, 0) is 0 Å². The summed E-state index contributed by atoms with van der Waals surface area (Å²) in [5, 5.41) is 12.5. The molecule has 0 saturated carbocycles. The van der Waals surface area contributed by atoms with Gasteiger partial charge in [0.15, 0.2) is 5.82 Å². The van der Waals surface area contributed by atoms with Gasteiger partial charge in [-0.3, -0.25) is 0 Å². The van der Waals surface area contributed by atoms with Crippen LogP contribution in [0.1, 0.15) is 15.9 Å². The topological polar surface area (TPSA) is 97.5 Å². The Labute approximate surface area is 126 Å². The number of pyridine rings is 1. The first-order valence-electron chi connectivity index (χ1n) is 6.02. The Morgan fingerprint density at radius 1 is 1.43 bits per heavy atom. The van der Waals surface area contributed by atoms with Crippen molar-refractivity contribution in [2.75, 3.05) is 18.2 Å². The van der Waals surface area contributed by atoms with E-state index in [-0.39, 0.29) is 11.3 Å². The van der Waals surface area contributed by atoms with Gasteiger partial charge in [0.2, 0.25) is 0 Å². The molecule has 1 aromatic carbocycles. The fourth-order valence-electron chi connectivity index (χ4n) is 1.76. The van der Waals surface area contributed by atoms with Crippen molar-refractivity contribution in [1.29, 1.82) is 0 Å². The van der Waals surface area contributed by atoms with E-state index in [9.17, 15) is 4.79 Å². The molecule has 0 spiro atoms. The van der Waals surface area contributed by atoms with E-state index in [1.807, 2.05) is 6.92 Å². The van der Waals surface area contributed by atoms with Crippen molar-refractivity contribution < 1.29 is 14.6 Å². The zero-order valence-electron chi connectivity index (χ0n) is 11.5. The summed E-state index contributed by atoms with van der Waals surface area (Å²) in [6, 6.07) is 4.82. The van der Waals surface area contributed by atoms with Gasteiger partial charge in [-0.15, -0.1) is 0 Å². The average Bonchev–Trinajstić information content (AvgIpc) is 2.44. The maximum absolute atomic E-state index is 10.9. The molecule has 0 bridgehead atoms. The van der Waals surface area contributed by atoms with Gasteiger partial charge in [-0.2, -0.15) is 0 Å². The molecular weight excluding hydrogens is 294 g/mol. The number of carboxylic acids is 1. The largest absolute Gasteiger partial charge is 0.495 e. The van der Waals surface area contributed by atoms with Crippen molar-refractivity contribution in [3.63, 3.8) is 0 Å². The highest BCUT2D eigenvalue weighted by Crippen LogP contribution is 2.33. The predicted molar refractivity (Wildman–Crippen MR) is 81.6 cm³/mol. The Balaban J connectivity index is 2.38. The normalized spacial score (nSPS) is 10.2. The molecule has 21 heavy (non-hydrogen) atoms. The number of methoxy groups -OCH3 is 1. The fourth-order valence-corrected chi connectivity index (χ4v) is 1.91. The van der Waals surface area contributed by atoms with Crippen LogP contribution in [0.2, 0.25) is 5.02 Å². The summed E-state index contributed by atoms with van der Waals surface area (Å²) in [6.07, 6.45) is 1.23. The van der Waals surface area contributed by atoms with E-state index >= 15 is 0 Å². The lowest BCUT2D eigenvalue weighted by Gasteiger charge is -2.14. The van der Waals surface area contributed by atoms with Gasteiger partial charge in [0.05, 0.1) is 24.0 Å². The highest BCUT2D eigenvalue weighted by Gasteiger charge is 2.11. The molecule has 1 aromatic heterocycles. The number of halogens is 1. The van der Waals surface area contributed by atoms with Crippen molar-refractivity contribution in [2.24, 2.45) is 0 Å². The van der Waals surface area contributed by atoms with Gasteiger partial charge in [0.1, 0.15) is 5.75 Å². The first kappa shape index (κ1) is 14.9. The number of aromatic nitrogens is 1. The summed E-state index contributed by atoms with van der Waals surface area (Å²) in [4.78, 5) is 14.9. The lowest BCUT2D eigenvalue weighted by Crippen LogP contribution is -2.04. The molecule has 0 aliphatic rings. The highest BCUT2D eigenvalue weighted by atomic mass is 35.5. The summed E-state index contributed by atoms with van der Waals surface area (Å²) >= 11 is 6.04. The first-order chi connectivity index (χ1) is 9.92. The number of anilines is 3. The minimum absolute atomic E-state index is 0.0253. The molecule has 0 amide bonds. The Bertz CT molecular complexity index is 704. The number of rotatable bonds is 4. The van der Waals surface area contributed by atoms with Gasteiger partial charge in [-0.05, 0) is 24.6 Å². The number of ether oxygens (including phenoxy) is 1. The SMILES string of the molecule is COc1cc(Cl)c(C)cc1Nc1ncc(C(=O)O)cc1N. The van der Waals surface area contributed by atoms with Crippen LogP contribution in [0.25, 0.3) is 0 Å². The summed E-state index contributed by atoms with van der Waals surface area (Å²) in [6.45, 7) is 1.86. The molecule has 0 aliphatic heterocycles. The molecule has 0 fully saturated rings. The Hall–Kier alpha value is -2.47. The monoisotopic (exact) mass is 307 g/mol. The number of nitrogens with one attached hydrogen (secondary N) is 1. The van der Waals surface area contributed by atoms with Gasteiger partial charge in [0.25, 0.3) is 0 Å². The number of hydrogen-bond acceptors (Lipinski definition) is 5. The molecule has 0 saturated heterocycles. The summed E-state index contributed by atoms with van der Waals surface area (Å²) in [5.74, 6) is -0.199. The maximum atomic E-state index is 10.9. The number of carboxylic acid groups (broad SMARTS) is 1. The van der Waals surface area contributed by atoms with Crippen LogP contribution in [0, 0.1) is 6.92 Å².